The summed E-state index contributed by atoms with van der Waals surface area (Å²) in [5.41, 5.74) is 0.623. The summed E-state index contributed by atoms with van der Waals surface area (Å²) < 4.78 is 10.9. The largest absolute Gasteiger partial charge is 0.486 e. The monoisotopic (exact) mass is 312 g/mol. The van der Waals surface area contributed by atoms with Crippen LogP contribution in [0.4, 0.5) is 0 Å². The van der Waals surface area contributed by atoms with Crippen LogP contribution in [0, 0.1) is 5.92 Å². The molecule has 2 N–H and O–H groups in total. The molecule has 1 aromatic carbocycles. The van der Waals surface area contributed by atoms with E-state index in [1.54, 1.807) is 18.2 Å². The van der Waals surface area contributed by atoms with Crippen molar-refractivity contribution in [1.29, 1.82) is 0 Å². The molecule has 21 heavy (non-hydrogen) atoms. The molecule has 2 aliphatic heterocycles. The Morgan fingerprint density at radius 3 is 2.86 bits per heavy atom. The number of amides is 1. The van der Waals surface area contributed by atoms with Crippen LogP contribution in [0.1, 0.15) is 23.2 Å². The molecule has 5 nitrogen and oxygen atoms in total. The number of hydrogen-bond donors (Lipinski definition) is 2. The summed E-state index contributed by atoms with van der Waals surface area (Å²) in [5.74, 6) is 1.85. The SMILES string of the molecule is Cl.O=C(NCC1CCCNC1)c1ccc2c(c1)OCCO2. The maximum Gasteiger partial charge on any atom is 0.251 e. The first kappa shape index (κ1) is 15.9. The van der Waals surface area contributed by atoms with Crippen molar-refractivity contribution < 1.29 is 14.3 Å². The van der Waals surface area contributed by atoms with E-state index in [4.69, 9.17) is 9.47 Å². The Hall–Kier alpha value is -1.46. The van der Waals surface area contributed by atoms with Crippen molar-refractivity contribution in [3.05, 3.63) is 23.8 Å². The molecule has 1 saturated heterocycles. The molecule has 1 amide bonds. The minimum atomic E-state index is -0.0486. The van der Waals surface area contributed by atoms with Gasteiger partial charge in [0.15, 0.2) is 11.5 Å². The van der Waals surface area contributed by atoms with Crippen LogP contribution in [-0.2, 0) is 0 Å². The minimum Gasteiger partial charge on any atom is -0.486 e. The molecule has 2 aliphatic rings. The van der Waals surface area contributed by atoms with Gasteiger partial charge >= 0.3 is 0 Å². The van der Waals surface area contributed by atoms with Gasteiger partial charge < -0.3 is 20.1 Å². The lowest BCUT2D eigenvalue weighted by molar-refractivity contribution is 0.0943. The lowest BCUT2D eigenvalue weighted by Gasteiger charge is -2.23. The summed E-state index contributed by atoms with van der Waals surface area (Å²) in [6, 6.07) is 5.33. The molecule has 0 saturated carbocycles. The zero-order chi connectivity index (χ0) is 13.8. The molecule has 1 unspecified atom stereocenters. The predicted molar refractivity (Wildman–Crippen MR) is 82.6 cm³/mol. The van der Waals surface area contributed by atoms with Gasteiger partial charge in [0.25, 0.3) is 5.91 Å². The number of carbonyl (C=O) groups excluding carboxylic acids is 1. The third kappa shape index (κ3) is 4.02. The van der Waals surface area contributed by atoms with E-state index in [1.165, 1.54) is 12.8 Å². The first-order valence-electron chi connectivity index (χ1n) is 7.21. The molecule has 6 heteroatoms. The van der Waals surface area contributed by atoms with Crippen molar-refractivity contribution in [2.24, 2.45) is 5.92 Å². The van der Waals surface area contributed by atoms with Crippen molar-refractivity contribution in [2.75, 3.05) is 32.8 Å². The third-order valence-electron chi connectivity index (χ3n) is 3.75. The van der Waals surface area contributed by atoms with Gasteiger partial charge in [0.2, 0.25) is 0 Å². The van der Waals surface area contributed by atoms with Crippen LogP contribution in [0.15, 0.2) is 18.2 Å². The number of carbonyl (C=O) groups is 1. The van der Waals surface area contributed by atoms with E-state index in [0.717, 1.165) is 19.6 Å². The summed E-state index contributed by atoms with van der Waals surface area (Å²) >= 11 is 0. The van der Waals surface area contributed by atoms with Gasteiger partial charge in [0.1, 0.15) is 13.2 Å². The second-order valence-corrected chi connectivity index (χ2v) is 5.28. The molecule has 0 spiro atoms. The standard InChI is InChI=1S/C15H20N2O3.ClH/c18-15(17-10-11-2-1-5-16-9-11)12-3-4-13-14(8-12)20-7-6-19-13;/h3-4,8,11,16H,1-2,5-7,9-10H2,(H,17,18);1H. The average Bonchev–Trinajstić information content (AvgIpc) is 2.53. The van der Waals surface area contributed by atoms with E-state index >= 15 is 0 Å². The summed E-state index contributed by atoms with van der Waals surface area (Å²) in [6.07, 6.45) is 2.36. The fourth-order valence-electron chi connectivity index (χ4n) is 2.62. The summed E-state index contributed by atoms with van der Waals surface area (Å²) in [5, 5.41) is 6.35. The van der Waals surface area contributed by atoms with Crippen LogP contribution in [-0.4, -0.2) is 38.8 Å². The zero-order valence-corrected chi connectivity index (χ0v) is 12.7. The fourth-order valence-corrected chi connectivity index (χ4v) is 2.62. The highest BCUT2D eigenvalue weighted by Crippen LogP contribution is 2.30. The molecule has 3 rings (SSSR count). The number of benzene rings is 1. The molecule has 1 atom stereocenters. The molecule has 116 valence electrons. The number of hydrogen-bond acceptors (Lipinski definition) is 4. The third-order valence-corrected chi connectivity index (χ3v) is 3.75. The Morgan fingerprint density at radius 1 is 1.29 bits per heavy atom. The van der Waals surface area contributed by atoms with Crippen LogP contribution < -0.4 is 20.1 Å². The van der Waals surface area contributed by atoms with Gasteiger partial charge in [-0.3, -0.25) is 4.79 Å². The minimum absolute atomic E-state index is 0. The molecule has 0 aliphatic carbocycles. The molecular weight excluding hydrogens is 292 g/mol. The van der Waals surface area contributed by atoms with Crippen LogP contribution >= 0.6 is 12.4 Å². The van der Waals surface area contributed by atoms with Gasteiger partial charge in [0.05, 0.1) is 0 Å². The molecule has 0 bridgehead atoms. The van der Waals surface area contributed by atoms with Gasteiger partial charge in [0, 0.05) is 12.1 Å². The number of halogens is 1. The van der Waals surface area contributed by atoms with Crippen molar-refractivity contribution in [3.8, 4) is 11.5 Å². The number of ether oxygens (including phenoxy) is 2. The lowest BCUT2D eigenvalue weighted by atomic mass is 9.99. The van der Waals surface area contributed by atoms with Crippen molar-refractivity contribution >= 4 is 18.3 Å². The number of nitrogens with one attached hydrogen (secondary N) is 2. The first-order chi connectivity index (χ1) is 9.83. The first-order valence-corrected chi connectivity index (χ1v) is 7.21. The Morgan fingerprint density at radius 2 is 2.10 bits per heavy atom. The fraction of sp³-hybridized carbons (Fsp3) is 0.533. The van der Waals surface area contributed by atoms with E-state index < -0.39 is 0 Å². The van der Waals surface area contributed by atoms with Gasteiger partial charge in [-0.05, 0) is 50.0 Å². The van der Waals surface area contributed by atoms with E-state index in [1.807, 2.05) is 0 Å². The second-order valence-electron chi connectivity index (χ2n) is 5.28. The Kier molecular flexibility index (Phi) is 5.70. The maximum atomic E-state index is 12.1. The molecule has 1 aromatic rings. The normalized spacial score (nSPS) is 20.3. The summed E-state index contributed by atoms with van der Waals surface area (Å²) in [7, 11) is 0. The Balaban J connectivity index is 0.00000161. The highest BCUT2D eigenvalue weighted by Gasteiger charge is 2.17. The lowest BCUT2D eigenvalue weighted by Crippen LogP contribution is -2.38. The molecule has 0 radical (unpaired) electrons. The molecular formula is C15H21ClN2O3. The van der Waals surface area contributed by atoms with E-state index in [0.29, 0.717) is 36.2 Å². The average molecular weight is 313 g/mol. The maximum absolute atomic E-state index is 12.1. The van der Waals surface area contributed by atoms with E-state index in [-0.39, 0.29) is 18.3 Å². The quantitative estimate of drug-likeness (QED) is 0.890. The number of rotatable bonds is 3. The highest BCUT2D eigenvalue weighted by atomic mass is 35.5. The topological polar surface area (TPSA) is 59.6 Å². The molecule has 0 aromatic heterocycles. The van der Waals surface area contributed by atoms with Gasteiger partial charge in [-0.1, -0.05) is 0 Å². The van der Waals surface area contributed by atoms with Crippen molar-refractivity contribution in [1.82, 2.24) is 10.6 Å². The summed E-state index contributed by atoms with van der Waals surface area (Å²) in [4.78, 5) is 12.1. The number of piperidine rings is 1. The van der Waals surface area contributed by atoms with Crippen LogP contribution in [0.25, 0.3) is 0 Å². The van der Waals surface area contributed by atoms with Crippen LogP contribution in [0.5, 0.6) is 11.5 Å². The van der Waals surface area contributed by atoms with Crippen molar-refractivity contribution in [3.63, 3.8) is 0 Å². The van der Waals surface area contributed by atoms with Gasteiger partial charge in [-0.2, -0.15) is 0 Å². The van der Waals surface area contributed by atoms with E-state index in [9.17, 15) is 4.79 Å². The van der Waals surface area contributed by atoms with E-state index in [2.05, 4.69) is 10.6 Å². The van der Waals surface area contributed by atoms with Crippen LogP contribution in [0.3, 0.4) is 0 Å². The van der Waals surface area contributed by atoms with Crippen molar-refractivity contribution in [2.45, 2.75) is 12.8 Å². The van der Waals surface area contributed by atoms with Gasteiger partial charge in [-0.15, -0.1) is 12.4 Å². The Labute approximate surface area is 130 Å². The Bertz CT molecular complexity index is 490. The highest BCUT2D eigenvalue weighted by molar-refractivity contribution is 5.94. The van der Waals surface area contributed by atoms with Crippen LogP contribution in [0.2, 0.25) is 0 Å². The zero-order valence-electron chi connectivity index (χ0n) is 11.9. The van der Waals surface area contributed by atoms with Gasteiger partial charge in [-0.25, -0.2) is 0 Å². The summed E-state index contributed by atoms with van der Waals surface area (Å²) in [6.45, 7) is 3.90. The number of fused-ring (bicyclic) bond motifs is 1. The second kappa shape index (κ2) is 7.52. The smallest absolute Gasteiger partial charge is 0.251 e. The molecule has 1 fully saturated rings. The predicted octanol–water partition coefficient (Wildman–Crippen LogP) is 1.61. The molecule has 2 heterocycles.